The topological polar surface area (TPSA) is 58.6 Å². The molecule has 0 bridgehead atoms. The van der Waals surface area contributed by atoms with Gasteiger partial charge >= 0.3 is 12.0 Å². The first-order valence-electron chi connectivity index (χ1n) is 3.79. The molecule has 1 fully saturated rings. The van der Waals surface area contributed by atoms with Crippen molar-refractivity contribution in [1.29, 1.82) is 0 Å². The van der Waals surface area contributed by atoms with E-state index in [0.717, 1.165) is 0 Å². The zero-order chi connectivity index (χ0) is 9.14. The molecule has 0 radical (unpaired) electrons. The van der Waals surface area contributed by atoms with Crippen LogP contribution in [0.25, 0.3) is 0 Å². The smallest absolute Gasteiger partial charge is 0.328 e. The second kappa shape index (κ2) is 3.42. The molecule has 1 aliphatic heterocycles. The van der Waals surface area contributed by atoms with Crippen molar-refractivity contribution in [2.24, 2.45) is 0 Å². The van der Waals surface area contributed by atoms with Crippen LogP contribution < -0.4 is 5.32 Å². The average molecular weight is 172 g/mol. The third-order valence-corrected chi connectivity index (χ3v) is 1.90. The fourth-order valence-electron chi connectivity index (χ4n) is 1.15. The molecule has 0 aliphatic carbocycles. The van der Waals surface area contributed by atoms with Crippen LogP contribution in [0.15, 0.2) is 0 Å². The van der Waals surface area contributed by atoms with Crippen LogP contribution >= 0.6 is 0 Å². The molecular weight excluding hydrogens is 160 g/mol. The van der Waals surface area contributed by atoms with Gasteiger partial charge in [-0.15, -0.1) is 0 Å². The molecule has 0 spiro atoms. The van der Waals surface area contributed by atoms with Crippen molar-refractivity contribution in [2.75, 3.05) is 20.2 Å². The fraction of sp³-hybridized carbons (Fsp3) is 0.714. The molecule has 1 rings (SSSR count). The van der Waals surface area contributed by atoms with Gasteiger partial charge in [-0.3, -0.25) is 0 Å². The molecule has 1 aliphatic rings. The molecule has 1 heterocycles. The first kappa shape index (κ1) is 8.83. The molecule has 68 valence electrons. The zero-order valence-electron chi connectivity index (χ0n) is 7.16. The largest absolute Gasteiger partial charge is 0.467 e. The summed E-state index contributed by atoms with van der Waals surface area (Å²) in [5.74, 6) is -0.382. The maximum absolute atomic E-state index is 11.0. The van der Waals surface area contributed by atoms with E-state index in [2.05, 4.69) is 10.1 Å². The molecule has 1 saturated heterocycles. The van der Waals surface area contributed by atoms with Gasteiger partial charge in [0.1, 0.15) is 6.04 Å². The van der Waals surface area contributed by atoms with E-state index in [1.165, 1.54) is 12.0 Å². The monoisotopic (exact) mass is 172 g/mol. The molecule has 0 aromatic carbocycles. The molecule has 5 heteroatoms. The van der Waals surface area contributed by atoms with E-state index < -0.39 is 6.04 Å². The lowest BCUT2D eigenvalue weighted by Gasteiger charge is -2.19. The Morgan fingerprint density at radius 3 is 2.83 bits per heavy atom. The first-order valence-corrected chi connectivity index (χ1v) is 3.79. The third kappa shape index (κ3) is 1.49. The van der Waals surface area contributed by atoms with Crippen LogP contribution in [0.2, 0.25) is 0 Å². The van der Waals surface area contributed by atoms with Gasteiger partial charge in [0, 0.05) is 13.1 Å². The van der Waals surface area contributed by atoms with Crippen LogP contribution in [0.5, 0.6) is 0 Å². The summed E-state index contributed by atoms with van der Waals surface area (Å²) in [5.41, 5.74) is 0. The minimum absolute atomic E-state index is 0.201. The van der Waals surface area contributed by atoms with Crippen molar-refractivity contribution >= 4 is 12.0 Å². The number of methoxy groups -OCH3 is 1. The predicted molar refractivity (Wildman–Crippen MR) is 41.6 cm³/mol. The molecule has 2 amide bonds. The number of nitrogens with one attached hydrogen (secondary N) is 1. The van der Waals surface area contributed by atoms with Gasteiger partial charge in [-0.1, -0.05) is 0 Å². The summed E-state index contributed by atoms with van der Waals surface area (Å²) in [6.45, 7) is 2.81. The summed E-state index contributed by atoms with van der Waals surface area (Å²) in [6.07, 6.45) is 0. The van der Waals surface area contributed by atoms with Gasteiger partial charge in [0.15, 0.2) is 0 Å². The Morgan fingerprint density at radius 1 is 1.75 bits per heavy atom. The van der Waals surface area contributed by atoms with Gasteiger partial charge in [0.2, 0.25) is 0 Å². The molecule has 1 N–H and O–H groups in total. The maximum atomic E-state index is 11.0. The van der Waals surface area contributed by atoms with Crippen LogP contribution in [-0.4, -0.2) is 43.1 Å². The summed E-state index contributed by atoms with van der Waals surface area (Å²) < 4.78 is 4.51. The molecule has 1 atom stereocenters. The van der Waals surface area contributed by atoms with E-state index >= 15 is 0 Å². The molecular formula is C7H12N2O3. The van der Waals surface area contributed by atoms with Crippen molar-refractivity contribution in [3.63, 3.8) is 0 Å². The maximum Gasteiger partial charge on any atom is 0.328 e. The number of rotatable bonds is 2. The molecule has 0 aromatic heterocycles. The predicted octanol–water partition coefficient (Wildman–Crippen LogP) is -0.427. The molecule has 0 saturated carbocycles. The minimum Gasteiger partial charge on any atom is -0.467 e. The van der Waals surface area contributed by atoms with Crippen molar-refractivity contribution in [3.8, 4) is 0 Å². The fourth-order valence-corrected chi connectivity index (χ4v) is 1.15. The Labute approximate surface area is 70.7 Å². The Balaban J connectivity index is 2.57. The summed E-state index contributed by atoms with van der Waals surface area (Å²) in [6, 6.07) is -0.689. The Kier molecular flexibility index (Phi) is 2.52. The lowest BCUT2D eigenvalue weighted by molar-refractivity contribution is -0.144. The highest BCUT2D eigenvalue weighted by Crippen LogP contribution is 2.04. The van der Waals surface area contributed by atoms with E-state index in [1.807, 2.05) is 0 Å². The quantitative estimate of drug-likeness (QED) is 0.575. The molecule has 12 heavy (non-hydrogen) atoms. The van der Waals surface area contributed by atoms with Gasteiger partial charge in [0.05, 0.1) is 7.11 Å². The van der Waals surface area contributed by atoms with E-state index in [0.29, 0.717) is 13.1 Å². The van der Waals surface area contributed by atoms with Gasteiger partial charge in [-0.2, -0.15) is 0 Å². The number of hydrogen-bond acceptors (Lipinski definition) is 3. The molecule has 0 unspecified atom stereocenters. The van der Waals surface area contributed by atoms with Gasteiger partial charge < -0.3 is 15.0 Å². The van der Waals surface area contributed by atoms with Crippen molar-refractivity contribution < 1.29 is 14.3 Å². The van der Waals surface area contributed by atoms with Gasteiger partial charge in [0.25, 0.3) is 0 Å². The molecule has 0 aromatic rings. The second-order valence-corrected chi connectivity index (χ2v) is 2.62. The van der Waals surface area contributed by atoms with Crippen LogP contribution in [0, 0.1) is 0 Å². The zero-order valence-corrected chi connectivity index (χ0v) is 7.16. The van der Waals surface area contributed by atoms with E-state index in [1.54, 1.807) is 6.92 Å². The Morgan fingerprint density at radius 2 is 2.42 bits per heavy atom. The van der Waals surface area contributed by atoms with Crippen LogP contribution in [0.1, 0.15) is 6.92 Å². The summed E-state index contributed by atoms with van der Waals surface area (Å²) in [7, 11) is 1.31. The average Bonchev–Trinajstić information content (AvgIpc) is 2.48. The van der Waals surface area contributed by atoms with Crippen LogP contribution in [0.3, 0.4) is 0 Å². The lowest BCUT2D eigenvalue weighted by atomic mass is 10.3. The van der Waals surface area contributed by atoms with Crippen molar-refractivity contribution in [1.82, 2.24) is 10.2 Å². The number of carbonyl (C=O) groups excluding carboxylic acids is 2. The van der Waals surface area contributed by atoms with Crippen LogP contribution in [0.4, 0.5) is 4.79 Å². The van der Waals surface area contributed by atoms with Gasteiger partial charge in [-0.25, -0.2) is 9.59 Å². The summed E-state index contributed by atoms with van der Waals surface area (Å²) in [4.78, 5) is 23.5. The number of nitrogens with zero attached hydrogens (tertiary/aromatic N) is 1. The van der Waals surface area contributed by atoms with E-state index in [9.17, 15) is 9.59 Å². The number of carbonyl (C=O) groups is 2. The Hall–Kier alpha value is -1.26. The van der Waals surface area contributed by atoms with Crippen molar-refractivity contribution in [2.45, 2.75) is 13.0 Å². The SMILES string of the molecule is COC(=O)[C@H](C)N1CCNC1=O. The van der Waals surface area contributed by atoms with E-state index in [-0.39, 0.29) is 12.0 Å². The Bertz CT molecular complexity index is 205. The number of esters is 1. The molecule has 5 nitrogen and oxygen atoms in total. The van der Waals surface area contributed by atoms with Gasteiger partial charge in [-0.05, 0) is 6.92 Å². The summed E-state index contributed by atoms with van der Waals surface area (Å²) >= 11 is 0. The second-order valence-electron chi connectivity index (χ2n) is 2.62. The lowest BCUT2D eigenvalue weighted by Crippen LogP contribution is -2.41. The van der Waals surface area contributed by atoms with E-state index in [4.69, 9.17) is 0 Å². The number of urea groups is 1. The van der Waals surface area contributed by atoms with Crippen LogP contribution in [-0.2, 0) is 9.53 Å². The highest BCUT2D eigenvalue weighted by atomic mass is 16.5. The highest BCUT2D eigenvalue weighted by Gasteiger charge is 2.29. The number of hydrogen-bond donors (Lipinski definition) is 1. The highest BCUT2D eigenvalue weighted by molar-refractivity contribution is 5.84. The number of amides is 2. The summed E-state index contributed by atoms with van der Waals surface area (Å²) in [5, 5.41) is 2.61. The standard InChI is InChI=1S/C7H12N2O3/c1-5(6(10)12-2)9-4-3-8-7(9)11/h5H,3-4H2,1-2H3,(H,8,11)/t5-/m0/s1. The minimum atomic E-state index is -0.488. The number of ether oxygens (including phenoxy) is 1. The van der Waals surface area contributed by atoms with Crippen molar-refractivity contribution in [3.05, 3.63) is 0 Å². The normalized spacial score (nSPS) is 18.8. The third-order valence-electron chi connectivity index (χ3n) is 1.90. The first-order chi connectivity index (χ1) is 5.66.